The molecule has 3 aliphatic rings. The van der Waals surface area contributed by atoms with E-state index in [1.807, 2.05) is 58.1 Å². The summed E-state index contributed by atoms with van der Waals surface area (Å²) in [5, 5.41) is 29.5. The highest BCUT2D eigenvalue weighted by Crippen LogP contribution is 2.62. The van der Waals surface area contributed by atoms with Crippen molar-refractivity contribution < 1.29 is 37.7 Å². The predicted octanol–water partition coefficient (Wildman–Crippen LogP) is 3.91. The molecule has 280 valence electrons. The molecule has 1 saturated heterocycles. The Morgan fingerprint density at radius 1 is 1.09 bits per heavy atom. The highest BCUT2D eigenvalue weighted by molar-refractivity contribution is 7.07. The van der Waals surface area contributed by atoms with Crippen LogP contribution in [0.15, 0.2) is 83.9 Å². The first-order chi connectivity index (χ1) is 25.5. The number of aromatic nitrogens is 2. The number of carbonyl (C=O) groups excluding carboxylic acids is 2. The third-order valence-corrected chi connectivity index (χ3v) is 11.0. The number of benzene rings is 2. The highest BCUT2D eigenvalue weighted by atomic mass is 32.1. The number of aliphatic hydroxyl groups is 2. The number of hydrogen-bond acceptors (Lipinski definition) is 10. The number of alkyl halides is 3. The lowest BCUT2D eigenvalue weighted by Crippen LogP contribution is -2.60. The molecule has 2 aliphatic heterocycles. The smallest absolute Gasteiger partial charge is 0.405 e. The average molecular weight is 751 g/mol. The molecule has 7 rings (SSSR count). The molecule has 1 saturated carbocycles. The number of halogens is 3. The Labute approximate surface area is 308 Å². The van der Waals surface area contributed by atoms with Crippen LogP contribution in [0.4, 0.5) is 13.2 Å². The molecule has 6 atom stereocenters. The summed E-state index contributed by atoms with van der Waals surface area (Å²) >= 11 is 1.47. The Hall–Kier alpha value is -4.41. The van der Waals surface area contributed by atoms with Gasteiger partial charge in [0.05, 0.1) is 28.8 Å². The lowest BCUT2D eigenvalue weighted by atomic mass is 9.89. The number of rotatable bonds is 12. The second-order valence-corrected chi connectivity index (χ2v) is 14.8. The summed E-state index contributed by atoms with van der Waals surface area (Å²) in [5.41, 5.74) is 4.81. The Morgan fingerprint density at radius 3 is 2.66 bits per heavy atom. The zero-order valence-electron chi connectivity index (χ0n) is 28.8. The van der Waals surface area contributed by atoms with Crippen molar-refractivity contribution >= 4 is 23.2 Å². The van der Waals surface area contributed by atoms with Gasteiger partial charge in [-0.2, -0.15) is 13.2 Å². The van der Waals surface area contributed by atoms with E-state index in [4.69, 9.17) is 4.74 Å². The van der Waals surface area contributed by atoms with Gasteiger partial charge in [-0.1, -0.05) is 48.5 Å². The number of piperazine rings is 1. The number of nitrogens with zero attached hydrogens (tertiary/aromatic N) is 4. The molecule has 2 aromatic heterocycles. The number of β-amino-alcohol motifs (C(OH)–C–C–N with tert-alkyl or cyclic N) is 1. The minimum absolute atomic E-state index is 0.0111. The number of hydrogen-bond donors (Lipinski definition) is 4. The molecule has 11 nitrogen and oxygen atoms in total. The van der Waals surface area contributed by atoms with Gasteiger partial charge in [-0.25, -0.2) is 4.98 Å². The quantitative estimate of drug-likeness (QED) is 0.170. The van der Waals surface area contributed by atoms with Gasteiger partial charge in [0.25, 0.3) is 0 Å². The number of pyridine rings is 1. The first-order valence-electron chi connectivity index (χ1n) is 17.6. The Balaban J connectivity index is 1.07. The first kappa shape index (κ1) is 36.9. The molecular formula is C38H41F3N6O5S. The monoisotopic (exact) mass is 750 g/mol. The number of aliphatic hydroxyl groups excluding tert-OH is 2. The van der Waals surface area contributed by atoms with Gasteiger partial charge in [0.1, 0.15) is 31.0 Å². The molecule has 0 spiro atoms. The van der Waals surface area contributed by atoms with Crippen molar-refractivity contribution in [3.63, 3.8) is 0 Å². The number of amides is 2. The van der Waals surface area contributed by atoms with Crippen LogP contribution in [0.25, 0.3) is 11.3 Å². The van der Waals surface area contributed by atoms with E-state index in [2.05, 4.69) is 15.3 Å². The van der Waals surface area contributed by atoms with Crippen molar-refractivity contribution in [3.05, 3.63) is 101 Å². The maximum Gasteiger partial charge on any atom is 0.405 e. The summed E-state index contributed by atoms with van der Waals surface area (Å²) in [5.74, 6) is -0.738. The molecule has 2 amide bonds. The molecule has 2 aromatic carbocycles. The van der Waals surface area contributed by atoms with Gasteiger partial charge in [0.2, 0.25) is 11.8 Å². The Morgan fingerprint density at radius 2 is 1.89 bits per heavy atom. The molecule has 1 aliphatic carbocycles. The zero-order chi connectivity index (χ0) is 37.2. The second-order valence-electron chi connectivity index (χ2n) is 14.1. The number of ether oxygens (including phenoxy) is 1. The highest BCUT2D eigenvalue weighted by Gasteiger charge is 2.61. The molecule has 53 heavy (non-hydrogen) atoms. The molecule has 4 N–H and O–H groups in total. The third kappa shape index (κ3) is 8.54. The summed E-state index contributed by atoms with van der Waals surface area (Å²) in [7, 11) is 0. The fourth-order valence-corrected chi connectivity index (χ4v) is 8.24. The minimum Gasteiger partial charge on any atom is -0.490 e. The summed E-state index contributed by atoms with van der Waals surface area (Å²) < 4.78 is 45.2. The van der Waals surface area contributed by atoms with E-state index in [9.17, 15) is 33.0 Å². The van der Waals surface area contributed by atoms with Crippen molar-refractivity contribution in [1.29, 1.82) is 0 Å². The normalized spacial score (nSPS) is 25.2. The van der Waals surface area contributed by atoms with Gasteiger partial charge in [0.15, 0.2) is 0 Å². The van der Waals surface area contributed by atoms with E-state index in [0.29, 0.717) is 37.4 Å². The van der Waals surface area contributed by atoms with Crippen molar-refractivity contribution in [2.45, 2.75) is 55.8 Å². The Bertz CT molecular complexity index is 1890. The molecule has 1 unspecified atom stereocenters. The molecule has 15 heteroatoms. The predicted molar refractivity (Wildman–Crippen MR) is 191 cm³/mol. The fourth-order valence-electron chi connectivity index (χ4n) is 7.68. The van der Waals surface area contributed by atoms with Crippen LogP contribution < -0.4 is 15.4 Å². The zero-order valence-corrected chi connectivity index (χ0v) is 29.6. The van der Waals surface area contributed by atoms with Gasteiger partial charge >= 0.3 is 6.18 Å². The largest absolute Gasteiger partial charge is 0.490 e. The van der Waals surface area contributed by atoms with Crippen LogP contribution in [0.1, 0.15) is 41.5 Å². The number of fused-ring (bicyclic) bond motifs is 1. The van der Waals surface area contributed by atoms with Gasteiger partial charge < -0.3 is 25.6 Å². The lowest BCUT2D eigenvalue weighted by Gasteiger charge is -2.41. The van der Waals surface area contributed by atoms with E-state index in [1.54, 1.807) is 41.0 Å². The summed E-state index contributed by atoms with van der Waals surface area (Å²) in [6.45, 7) is -0.177. The molecular weight excluding hydrogens is 710 g/mol. The van der Waals surface area contributed by atoms with Crippen molar-refractivity contribution in [3.8, 4) is 17.0 Å². The average Bonchev–Trinajstić information content (AvgIpc) is 3.60. The van der Waals surface area contributed by atoms with E-state index in [1.165, 1.54) is 11.3 Å². The van der Waals surface area contributed by atoms with E-state index in [-0.39, 0.29) is 37.9 Å². The summed E-state index contributed by atoms with van der Waals surface area (Å²) in [6, 6.07) is 17.0. The maximum atomic E-state index is 14.3. The SMILES string of the molecule is O=C(NCC(F)(F)F)[C@@H]1CN(Cc2cncc(-c3cscn3)c2)CCN1C[C@@H](O)CC1(C(=O)N[C@H]2c3ccccc3OC[C@H]2O)C[C@H]1c1ccccc1. The molecule has 0 radical (unpaired) electrons. The van der Waals surface area contributed by atoms with Crippen LogP contribution in [0.3, 0.4) is 0 Å². The standard InChI is InChI=1S/C38H41F3N6O5S/c39-38(40,41)22-43-35(50)31-19-46(17-24-12-26(16-42-15-24)30-21-53-23-44-30)10-11-47(31)18-27(48)13-37(14-29(37)25-6-2-1-3-7-25)36(51)45-34-28-8-4-5-9-33(28)52-20-32(34)49/h1-9,12,15-16,21,23,27,29,31-32,34,48-49H,10-11,13-14,17-20,22H2,(H,43,50)(H,45,51)/t27-,29-,31-,32+,34-,37?/m0/s1. The fraction of sp³-hybridized carbons (Fsp3) is 0.421. The van der Waals surface area contributed by atoms with Gasteiger partial charge in [-0.15, -0.1) is 11.3 Å². The van der Waals surface area contributed by atoms with Crippen molar-refractivity contribution in [2.75, 3.05) is 39.3 Å². The van der Waals surface area contributed by atoms with Gasteiger partial charge in [0, 0.05) is 61.6 Å². The molecule has 0 bridgehead atoms. The third-order valence-electron chi connectivity index (χ3n) is 10.4. The minimum atomic E-state index is -4.59. The van der Waals surface area contributed by atoms with E-state index >= 15 is 0 Å². The summed E-state index contributed by atoms with van der Waals surface area (Å²) in [6.07, 6.45) is -2.74. The van der Waals surface area contributed by atoms with Crippen LogP contribution >= 0.6 is 11.3 Å². The lowest BCUT2D eigenvalue weighted by molar-refractivity contribution is -0.143. The number of nitrogens with one attached hydrogen (secondary N) is 2. The van der Waals surface area contributed by atoms with Crippen LogP contribution in [-0.2, 0) is 16.1 Å². The van der Waals surface area contributed by atoms with Crippen LogP contribution in [0.5, 0.6) is 5.75 Å². The molecule has 4 aromatic rings. The van der Waals surface area contributed by atoms with Crippen LogP contribution in [-0.4, -0.2) is 106 Å². The van der Waals surface area contributed by atoms with Crippen LogP contribution in [0, 0.1) is 5.41 Å². The first-order valence-corrected chi connectivity index (χ1v) is 18.5. The van der Waals surface area contributed by atoms with Crippen LogP contribution in [0.2, 0.25) is 0 Å². The topological polar surface area (TPSA) is 140 Å². The van der Waals surface area contributed by atoms with E-state index < -0.39 is 48.3 Å². The number of para-hydroxylation sites is 1. The Kier molecular flexibility index (Phi) is 10.8. The van der Waals surface area contributed by atoms with Crippen molar-refractivity contribution in [2.24, 2.45) is 5.41 Å². The number of carbonyl (C=O) groups is 2. The summed E-state index contributed by atoms with van der Waals surface area (Å²) in [4.78, 5) is 40.0. The molecule has 4 heterocycles. The van der Waals surface area contributed by atoms with Gasteiger partial charge in [-0.05, 0) is 42.0 Å². The van der Waals surface area contributed by atoms with Gasteiger partial charge in [-0.3, -0.25) is 24.4 Å². The maximum absolute atomic E-state index is 14.3. The van der Waals surface area contributed by atoms with E-state index in [0.717, 1.165) is 22.4 Å². The van der Waals surface area contributed by atoms with Crippen molar-refractivity contribution in [1.82, 2.24) is 30.4 Å². The number of thiazole rings is 1. The second kappa shape index (κ2) is 15.5. The molecule has 2 fully saturated rings.